The standard InChI is InChI=1S/C11H14INO2/c1-13-5-4-8-6-11(15-3)9(12)7-10(8)14-2/h6-7H,1,4-5H2,2-3H3/i1D2. The van der Waals surface area contributed by atoms with E-state index in [-0.39, 0.29) is 0 Å². The molecule has 0 unspecified atom stereocenters. The number of ether oxygens (including phenoxy) is 2. The SMILES string of the molecule is [2H]C([2H])=NCCc1cc(OC)c(I)cc1OC. The predicted octanol–water partition coefficient (Wildman–Crippen LogP) is 2.55. The van der Waals surface area contributed by atoms with E-state index in [4.69, 9.17) is 12.2 Å². The minimum Gasteiger partial charge on any atom is -0.496 e. The topological polar surface area (TPSA) is 30.8 Å². The maximum Gasteiger partial charge on any atom is 0.132 e. The molecule has 0 atom stereocenters. The number of benzene rings is 1. The summed E-state index contributed by atoms with van der Waals surface area (Å²) in [4.78, 5) is 3.72. The molecule has 0 saturated carbocycles. The van der Waals surface area contributed by atoms with E-state index >= 15 is 0 Å². The summed E-state index contributed by atoms with van der Waals surface area (Å²) in [5, 5.41) is 0. The maximum atomic E-state index is 6.91. The molecular formula is C11H14INO2. The lowest BCUT2D eigenvalue weighted by Gasteiger charge is -2.11. The van der Waals surface area contributed by atoms with Crippen LogP contribution in [0.4, 0.5) is 0 Å². The lowest BCUT2D eigenvalue weighted by molar-refractivity contribution is 0.396. The van der Waals surface area contributed by atoms with E-state index in [0.717, 1.165) is 20.6 Å². The smallest absolute Gasteiger partial charge is 0.132 e. The monoisotopic (exact) mass is 321 g/mol. The highest BCUT2D eigenvalue weighted by Gasteiger charge is 2.08. The quantitative estimate of drug-likeness (QED) is 0.616. The molecular weight excluding hydrogens is 305 g/mol. The lowest BCUT2D eigenvalue weighted by Crippen LogP contribution is -1.97. The highest BCUT2D eigenvalue weighted by atomic mass is 127. The first kappa shape index (κ1) is 9.45. The van der Waals surface area contributed by atoms with Crippen LogP contribution in [-0.4, -0.2) is 27.4 Å². The Labute approximate surface area is 106 Å². The Morgan fingerprint density at radius 3 is 2.73 bits per heavy atom. The van der Waals surface area contributed by atoms with Crippen LogP contribution < -0.4 is 9.47 Å². The summed E-state index contributed by atoms with van der Waals surface area (Å²) < 4.78 is 25.3. The number of methoxy groups -OCH3 is 2. The number of hydrogen-bond donors (Lipinski definition) is 0. The number of halogens is 1. The fourth-order valence-corrected chi connectivity index (χ4v) is 1.95. The Bertz CT molecular complexity index is 420. The molecule has 0 aliphatic heterocycles. The number of rotatable bonds is 5. The van der Waals surface area contributed by atoms with Gasteiger partial charge in [0.25, 0.3) is 0 Å². The number of aliphatic imine (C=N–C) groups is 1. The second-order valence-corrected chi connectivity index (χ2v) is 4.09. The Balaban J connectivity index is 2.92. The molecule has 15 heavy (non-hydrogen) atoms. The minimum absolute atomic E-state index is 0.401. The average molecular weight is 321 g/mol. The van der Waals surface area contributed by atoms with E-state index in [1.807, 2.05) is 12.1 Å². The summed E-state index contributed by atoms with van der Waals surface area (Å²) in [5.41, 5.74) is 0.967. The fourth-order valence-electron chi connectivity index (χ4n) is 1.30. The summed E-state index contributed by atoms with van der Waals surface area (Å²) in [7, 11) is 3.24. The van der Waals surface area contributed by atoms with Crippen molar-refractivity contribution in [3.8, 4) is 11.5 Å². The van der Waals surface area contributed by atoms with Gasteiger partial charge in [-0.25, -0.2) is 0 Å². The maximum absolute atomic E-state index is 6.91. The van der Waals surface area contributed by atoms with Crippen LogP contribution in [0.15, 0.2) is 17.1 Å². The first-order valence-corrected chi connectivity index (χ1v) is 5.54. The van der Waals surface area contributed by atoms with Crippen LogP contribution in [0.25, 0.3) is 0 Å². The van der Waals surface area contributed by atoms with Gasteiger partial charge in [-0.2, -0.15) is 0 Å². The van der Waals surface area contributed by atoms with Crippen molar-refractivity contribution >= 4 is 29.3 Å². The van der Waals surface area contributed by atoms with Gasteiger partial charge in [-0.05, 0) is 53.4 Å². The highest BCUT2D eigenvalue weighted by Crippen LogP contribution is 2.30. The zero-order valence-electron chi connectivity index (χ0n) is 10.7. The summed E-state index contributed by atoms with van der Waals surface area (Å²) in [6, 6.07) is 3.81. The van der Waals surface area contributed by atoms with Crippen molar-refractivity contribution < 1.29 is 12.2 Å². The van der Waals surface area contributed by atoms with Crippen LogP contribution in [0, 0.1) is 3.57 Å². The second-order valence-electron chi connectivity index (χ2n) is 2.93. The molecule has 0 bridgehead atoms. The first-order valence-electron chi connectivity index (χ1n) is 5.46. The van der Waals surface area contributed by atoms with Crippen molar-refractivity contribution in [2.45, 2.75) is 6.42 Å². The average Bonchev–Trinajstić information content (AvgIpc) is 2.30. The van der Waals surface area contributed by atoms with Crippen molar-refractivity contribution in [1.29, 1.82) is 0 Å². The third kappa shape index (κ3) is 3.09. The van der Waals surface area contributed by atoms with Crippen LogP contribution in [0.1, 0.15) is 8.30 Å². The molecule has 0 amide bonds. The molecule has 1 aromatic carbocycles. The van der Waals surface area contributed by atoms with Gasteiger partial charge in [-0.3, -0.25) is 0 Å². The van der Waals surface area contributed by atoms with Gasteiger partial charge in [0.1, 0.15) is 11.5 Å². The molecule has 82 valence electrons. The van der Waals surface area contributed by atoms with Gasteiger partial charge in [-0.15, -0.1) is 0 Å². The van der Waals surface area contributed by atoms with E-state index in [1.165, 1.54) is 0 Å². The molecule has 0 aliphatic carbocycles. The molecule has 1 rings (SSSR count). The van der Waals surface area contributed by atoms with Gasteiger partial charge < -0.3 is 14.5 Å². The van der Waals surface area contributed by atoms with E-state index in [0.29, 0.717) is 13.0 Å². The molecule has 1 aromatic rings. The molecule has 0 N–H and O–H groups in total. The van der Waals surface area contributed by atoms with Gasteiger partial charge in [0, 0.05) is 6.54 Å². The minimum atomic E-state index is -0.401. The van der Waals surface area contributed by atoms with Gasteiger partial charge >= 0.3 is 0 Å². The van der Waals surface area contributed by atoms with Crippen LogP contribution >= 0.6 is 22.6 Å². The van der Waals surface area contributed by atoms with E-state index in [2.05, 4.69) is 27.6 Å². The van der Waals surface area contributed by atoms with Gasteiger partial charge in [0.2, 0.25) is 0 Å². The van der Waals surface area contributed by atoms with Gasteiger partial charge in [0.15, 0.2) is 0 Å². The first-order chi connectivity index (χ1) is 8.08. The zero-order chi connectivity index (χ0) is 12.8. The van der Waals surface area contributed by atoms with Crippen LogP contribution in [0.3, 0.4) is 0 Å². The molecule has 0 radical (unpaired) electrons. The molecule has 0 heterocycles. The molecule has 0 fully saturated rings. The highest BCUT2D eigenvalue weighted by molar-refractivity contribution is 14.1. The largest absolute Gasteiger partial charge is 0.496 e. The summed E-state index contributed by atoms with van der Waals surface area (Å²) in [6.45, 7) is 0.00376. The Kier molecular flexibility index (Phi) is 3.74. The Hall–Kier alpha value is -0.780. The molecule has 0 aliphatic rings. The van der Waals surface area contributed by atoms with Crippen molar-refractivity contribution in [3.63, 3.8) is 0 Å². The Morgan fingerprint density at radius 1 is 1.40 bits per heavy atom. The number of hydrogen-bond acceptors (Lipinski definition) is 3. The normalized spacial score (nSPS) is 11.4. The molecule has 4 heteroatoms. The van der Waals surface area contributed by atoms with Crippen LogP contribution in [0.2, 0.25) is 0 Å². The Morgan fingerprint density at radius 2 is 2.13 bits per heavy atom. The summed E-state index contributed by atoms with van der Waals surface area (Å²) >= 11 is 2.18. The van der Waals surface area contributed by atoms with Gasteiger partial charge in [0.05, 0.1) is 20.5 Å². The van der Waals surface area contributed by atoms with Crippen molar-refractivity contribution in [1.82, 2.24) is 0 Å². The summed E-state index contributed by atoms with van der Waals surface area (Å²) in [5.74, 6) is 1.57. The van der Waals surface area contributed by atoms with Gasteiger partial charge in [-0.1, -0.05) is 0 Å². The zero-order valence-corrected chi connectivity index (χ0v) is 10.9. The molecule has 0 spiro atoms. The third-order valence-electron chi connectivity index (χ3n) is 2.05. The molecule has 0 saturated heterocycles. The van der Waals surface area contributed by atoms with Crippen LogP contribution in [-0.2, 0) is 6.42 Å². The van der Waals surface area contributed by atoms with Crippen molar-refractivity contribution in [3.05, 3.63) is 21.3 Å². The second kappa shape index (κ2) is 5.95. The van der Waals surface area contributed by atoms with E-state index in [1.54, 1.807) is 14.2 Å². The third-order valence-corrected chi connectivity index (χ3v) is 2.89. The fraction of sp³-hybridized carbons (Fsp3) is 0.364. The van der Waals surface area contributed by atoms with Crippen molar-refractivity contribution in [2.24, 2.45) is 4.99 Å². The van der Waals surface area contributed by atoms with Crippen LogP contribution in [0.5, 0.6) is 11.5 Å². The van der Waals surface area contributed by atoms with E-state index in [9.17, 15) is 0 Å². The lowest BCUT2D eigenvalue weighted by atomic mass is 10.1. The molecule has 3 nitrogen and oxygen atoms in total. The summed E-state index contributed by atoms with van der Waals surface area (Å²) in [6.07, 6.45) is 0.623. The van der Waals surface area contributed by atoms with E-state index < -0.39 is 6.67 Å². The predicted molar refractivity (Wildman–Crippen MR) is 70.4 cm³/mol. The number of nitrogens with zero attached hydrogens (tertiary/aromatic N) is 1. The molecule has 0 aromatic heterocycles. The van der Waals surface area contributed by atoms with Crippen molar-refractivity contribution in [2.75, 3.05) is 20.8 Å².